The van der Waals surface area contributed by atoms with Gasteiger partial charge in [-0.2, -0.15) is 0 Å². The molecule has 0 aliphatic carbocycles. The Morgan fingerprint density at radius 2 is 2.06 bits per heavy atom. The third-order valence-corrected chi connectivity index (χ3v) is 3.05. The molecule has 0 unspecified atom stereocenters. The van der Waals surface area contributed by atoms with Gasteiger partial charge in [0.15, 0.2) is 0 Å². The first kappa shape index (κ1) is 12.0. The summed E-state index contributed by atoms with van der Waals surface area (Å²) in [6, 6.07) is 5.95. The van der Waals surface area contributed by atoms with E-state index in [9.17, 15) is 4.39 Å². The molecular weight excluding hydrogens is 239 g/mol. The molecule has 1 heterocycles. The maximum Gasteiger partial charge on any atom is 0.140 e. The fourth-order valence-electron chi connectivity index (χ4n) is 1.35. The second-order valence-corrected chi connectivity index (χ2v) is 4.46. The third-order valence-electron chi connectivity index (χ3n) is 2.18. The lowest BCUT2D eigenvalue weighted by Crippen LogP contribution is -2.03. The average Bonchev–Trinajstić information content (AvgIpc) is 2.77. The van der Waals surface area contributed by atoms with E-state index in [4.69, 9.17) is 10.5 Å². The molecule has 0 radical (unpaired) electrons. The van der Waals surface area contributed by atoms with Gasteiger partial charge >= 0.3 is 0 Å². The van der Waals surface area contributed by atoms with Gasteiger partial charge in [-0.15, -0.1) is 11.3 Å². The zero-order chi connectivity index (χ0) is 12.1. The lowest BCUT2D eigenvalue weighted by Gasteiger charge is -2.03. The molecule has 0 saturated carbocycles. The molecule has 5 heteroatoms. The Kier molecular flexibility index (Phi) is 4.06. The summed E-state index contributed by atoms with van der Waals surface area (Å²) < 4.78 is 18.1. The van der Waals surface area contributed by atoms with Crippen molar-refractivity contribution in [2.75, 3.05) is 6.54 Å². The van der Waals surface area contributed by atoms with E-state index in [0.717, 1.165) is 17.1 Å². The molecule has 0 bridgehead atoms. The van der Waals surface area contributed by atoms with E-state index < -0.39 is 0 Å². The molecule has 90 valence electrons. The van der Waals surface area contributed by atoms with Gasteiger partial charge in [0.1, 0.15) is 23.2 Å². The molecule has 2 rings (SSSR count). The van der Waals surface area contributed by atoms with Crippen LogP contribution in [0.4, 0.5) is 4.39 Å². The summed E-state index contributed by atoms with van der Waals surface area (Å²) in [6.45, 7) is 1.00. The highest BCUT2D eigenvalue weighted by Crippen LogP contribution is 2.15. The zero-order valence-electron chi connectivity index (χ0n) is 9.23. The molecule has 1 aromatic heterocycles. The van der Waals surface area contributed by atoms with E-state index in [1.165, 1.54) is 12.1 Å². The van der Waals surface area contributed by atoms with Gasteiger partial charge in [-0.3, -0.25) is 0 Å². The molecule has 0 aliphatic heterocycles. The van der Waals surface area contributed by atoms with Crippen molar-refractivity contribution >= 4 is 11.3 Å². The first-order valence-electron chi connectivity index (χ1n) is 5.29. The highest BCUT2D eigenvalue weighted by molar-refractivity contribution is 7.09. The molecule has 0 saturated heterocycles. The van der Waals surface area contributed by atoms with Crippen LogP contribution in [-0.4, -0.2) is 11.5 Å². The topological polar surface area (TPSA) is 48.1 Å². The van der Waals surface area contributed by atoms with E-state index in [1.807, 2.05) is 5.38 Å². The number of nitrogens with two attached hydrogens (primary N) is 1. The van der Waals surface area contributed by atoms with Crippen molar-refractivity contribution in [2.24, 2.45) is 5.73 Å². The van der Waals surface area contributed by atoms with Gasteiger partial charge < -0.3 is 10.5 Å². The fourth-order valence-corrected chi connectivity index (χ4v) is 2.09. The Labute approximate surface area is 103 Å². The molecule has 2 N–H and O–H groups in total. The van der Waals surface area contributed by atoms with Crippen molar-refractivity contribution in [1.82, 2.24) is 4.98 Å². The molecule has 0 atom stereocenters. The third kappa shape index (κ3) is 3.51. The number of aromatic nitrogens is 1. The second kappa shape index (κ2) is 5.75. The summed E-state index contributed by atoms with van der Waals surface area (Å²) >= 11 is 1.55. The lowest BCUT2D eigenvalue weighted by atomic mass is 10.3. The number of halogens is 1. The van der Waals surface area contributed by atoms with Gasteiger partial charge in [-0.25, -0.2) is 9.37 Å². The van der Waals surface area contributed by atoms with Gasteiger partial charge in [0.05, 0.1) is 5.69 Å². The number of benzene rings is 1. The van der Waals surface area contributed by atoms with Gasteiger partial charge in [-0.1, -0.05) is 0 Å². The lowest BCUT2D eigenvalue weighted by molar-refractivity contribution is 0.305. The largest absolute Gasteiger partial charge is 0.486 e. The predicted molar refractivity (Wildman–Crippen MR) is 65.6 cm³/mol. The van der Waals surface area contributed by atoms with Gasteiger partial charge in [0.25, 0.3) is 0 Å². The molecule has 0 fully saturated rings. The highest BCUT2D eigenvalue weighted by Gasteiger charge is 2.02. The van der Waals surface area contributed by atoms with Crippen molar-refractivity contribution < 1.29 is 9.13 Å². The number of ether oxygens (including phenoxy) is 1. The van der Waals surface area contributed by atoms with Crippen LogP contribution < -0.4 is 10.5 Å². The highest BCUT2D eigenvalue weighted by atomic mass is 32.1. The normalized spacial score (nSPS) is 10.5. The summed E-state index contributed by atoms with van der Waals surface area (Å²) in [5.74, 6) is 0.374. The zero-order valence-corrected chi connectivity index (χ0v) is 10.0. The van der Waals surface area contributed by atoms with Crippen molar-refractivity contribution in [3.8, 4) is 5.75 Å². The molecule has 0 spiro atoms. The summed E-state index contributed by atoms with van der Waals surface area (Å²) in [5, 5.41) is 2.88. The summed E-state index contributed by atoms with van der Waals surface area (Å²) in [4.78, 5) is 4.37. The van der Waals surface area contributed by atoms with Crippen LogP contribution in [0.2, 0.25) is 0 Å². The molecular formula is C12H13FN2OS. The summed E-state index contributed by atoms with van der Waals surface area (Å²) in [6.07, 6.45) is 0.785. The van der Waals surface area contributed by atoms with Crippen LogP contribution in [0, 0.1) is 5.82 Å². The minimum atomic E-state index is -0.267. The first-order valence-corrected chi connectivity index (χ1v) is 6.17. The SMILES string of the molecule is NCCc1csc(COc2ccc(F)cc2)n1. The van der Waals surface area contributed by atoms with E-state index in [2.05, 4.69) is 4.98 Å². The van der Waals surface area contributed by atoms with Crippen molar-refractivity contribution in [2.45, 2.75) is 13.0 Å². The number of nitrogens with zero attached hydrogens (tertiary/aromatic N) is 1. The molecule has 0 amide bonds. The van der Waals surface area contributed by atoms with Gasteiger partial charge in [0.2, 0.25) is 0 Å². The van der Waals surface area contributed by atoms with Crippen LogP contribution in [0.5, 0.6) is 5.75 Å². The number of hydrogen-bond donors (Lipinski definition) is 1. The standard InChI is InChI=1S/C12H13FN2OS/c13-9-1-3-11(4-2-9)16-7-12-15-10(5-6-14)8-17-12/h1-4,8H,5-7,14H2. The van der Waals surface area contributed by atoms with Crippen LogP contribution in [0.25, 0.3) is 0 Å². The molecule has 17 heavy (non-hydrogen) atoms. The van der Waals surface area contributed by atoms with Crippen LogP contribution in [0.3, 0.4) is 0 Å². The van der Waals surface area contributed by atoms with Gasteiger partial charge in [0, 0.05) is 11.8 Å². The Bertz CT molecular complexity index is 470. The van der Waals surface area contributed by atoms with Crippen LogP contribution in [-0.2, 0) is 13.0 Å². The van der Waals surface area contributed by atoms with Crippen molar-refractivity contribution in [3.63, 3.8) is 0 Å². The monoisotopic (exact) mass is 252 g/mol. The van der Waals surface area contributed by atoms with E-state index in [-0.39, 0.29) is 5.82 Å². The number of hydrogen-bond acceptors (Lipinski definition) is 4. The van der Waals surface area contributed by atoms with Crippen LogP contribution >= 0.6 is 11.3 Å². The van der Waals surface area contributed by atoms with Crippen LogP contribution in [0.1, 0.15) is 10.7 Å². The first-order chi connectivity index (χ1) is 8.28. The van der Waals surface area contributed by atoms with Crippen molar-refractivity contribution in [3.05, 3.63) is 46.2 Å². The number of thiazole rings is 1. The minimum absolute atomic E-state index is 0.267. The Hall–Kier alpha value is -1.46. The maximum atomic E-state index is 12.7. The minimum Gasteiger partial charge on any atom is -0.486 e. The molecule has 2 aromatic rings. The Morgan fingerprint density at radius 3 is 2.76 bits per heavy atom. The quantitative estimate of drug-likeness (QED) is 0.888. The van der Waals surface area contributed by atoms with E-state index >= 15 is 0 Å². The Morgan fingerprint density at radius 1 is 1.29 bits per heavy atom. The molecule has 3 nitrogen and oxygen atoms in total. The van der Waals surface area contributed by atoms with E-state index in [1.54, 1.807) is 23.5 Å². The summed E-state index contributed by atoms with van der Waals surface area (Å²) in [7, 11) is 0. The number of rotatable bonds is 5. The van der Waals surface area contributed by atoms with Crippen LogP contribution in [0.15, 0.2) is 29.6 Å². The average molecular weight is 252 g/mol. The second-order valence-electron chi connectivity index (χ2n) is 3.51. The van der Waals surface area contributed by atoms with Gasteiger partial charge in [-0.05, 0) is 30.8 Å². The molecule has 0 aliphatic rings. The fraction of sp³-hybridized carbons (Fsp3) is 0.250. The molecule has 1 aromatic carbocycles. The summed E-state index contributed by atoms with van der Waals surface area (Å²) in [5.41, 5.74) is 6.44. The smallest absolute Gasteiger partial charge is 0.140 e. The maximum absolute atomic E-state index is 12.7. The Balaban J connectivity index is 1.90. The van der Waals surface area contributed by atoms with E-state index in [0.29, 0.717) is 18.9 Å². The predicted octanol–water partition coefficient (Wildman–Crippen LogP) is 2.36. The van der Waals surface area contributed by atoms with Crippen molar-refractivity contribution in [1.29, 1.82) is 0 Å².